The number of quaternary nitrogens is 1. The van der Waals surface area contributed by atoms with Crippen molar-refractivity contribution in [2.24, 2.45) is 0 Å². The number of nitrogens with one attached hydrogen (secondary N) is 3. The van der Waals surface area contributed by atoms with Crippen LogP contribution in [0.1, 0.15) is 37.0 Å². The lowest BCUT2D eigenvalue weighted by Gasteiger charge is -2.25. The Morgan fingerprint density at radius 1 is 1.28 bits per heavy atom. The van der Waals surface area contributed by atoms with E-state index in [1.165, 1.54) is 0 Å². The molecule has 0 saturated heterocycles. The van der Waals surface area contributed by atoms with Crippen molar-refractivity contribution in [3.8, 4) is 0 Å². The third kappa shape index (κ3) is 6.26. The Bertz CT molecular complexity index is 877. The van der Waals surface area contributed by atoms with E-state index in [1.807, 2.05) is 30.9 Å². The van der Waals surface area contributed by atoms with E-state index < -0.39 is 0 Å². The van der Waals surface area contributed by atoms with Crippen LogP contribution in [0.5, 0.6) is 0 Å². The first kappa shape index (κ1) is 23.3. The van der Waals surface area contributed by atoms with Gasteiger partial charge in [0.2, 0.25) is 0 Å². The Hall–Kier alpha value is -1.96. The lowest BCUT2D eigenvalue weighted by atomic mass is 10.0. The number of nitrogens with zero attached hydrogens (tertiary/aromatic N) is 1. The van der Waals surface area contributed by atoms with Crippen molar-refractivity contribution < 1.29 is 10.0 Å². The van der Waals surface area contributed by atoms with E-state index in [9.17, 15) is 9.90 Å². The zero-order valence-electron chi connectivity index (χ0n) is 18.1. The molecular formula is C22H35N4O2S+. The van der Waals surface area contributed by atoms with Crippen molar-refractivity contribution >= 4 is 28.2 Å². The normalized spacial score (nSPS) is 11.2. The second-order valence-corrected chi connectivity index (χ2v) is 7.92. The molecule has 0 bridgehead atoms. The van der Waals surface area contributed by atoms with Crippen molar-refractivity contribution in [1.29, 1.82) is 0 Å². The van der Waals surface area contributed by atoms with Gasteiger partial charge in [-0.3, -0.25) is 4.79 Å². The Kier molecular flexibility index (Phi) is 9.07. The molecule has 0 spiro atoms. The zero-order valence-corrected chi connectivity index (χ0v) is 18.9. The zero-order chi connectivity index (χ0) is 21.4. The van der Waals surface area contributed by atoms with Gasteiger partial charge in [-0.2, -0.15) is 0 Å². The Labute approximate surface area is 178 Å². The van der Waals surface area contributed by atoms with Gasteiger partial charge >= 0.3 is 0 Å². The van der Waals surface area contributed by atoms with Crippen molar-refractivity contribution in [3.05, 3.63) is 45.2 Å². The second-order valence-electron chi connectivity index (χ2n) is 7.53. The summed E-state index contributed by atoms with van der Waals surface area (Å²) in [7, 11) is 0. The molecule has 6 nitrogen and oxygen atoms in total. The smallest absolute Gasteiger partial charge is 0.253 e. The summed E-state index contributed by atoms with van der Waals surface area (Å²) >= 11 is 5.54. The predicted octanol–water partition coefficient (Wildman–Crippen LogP) is 1.13. The number of rotatable bonds is 10. The Morgan fingerprint density at radius 2 is 2.00 bits per heavy atom. The summed E-state index contributed by atoms with van der Waals surface area (Å²) in [5.74, 6) is 0. The molecule has 29 heavy (non-hydrogen) atoms. The molecule has 0 aliphatic carbocycles. The summed E-state index contributed by atoms with van der Waals surface area (Å²) in [6, 6.07) is 6.02. The molecule has 2 rings (SSSR count). The highest BCUT2D eigenvalue weighted by Gasteiger charge is 2.14. The van der Waals surface area contributed by atoms with Crippen LogP contribution in [0.2, 0.25) is 0 Å². The molecule has 0 aliphatic heterocycles. The van der Waals surface area contributed by atoms with E-state index in [0.717, 1.165) is 54.6 Å². The van der Waals surface area contributed by atoms with Gasteiger partial charge in [0.15, 0.2) is 5.11 Å². The van der Waals surface area contributed by atoms with Gasteiger partial charge in [0.25, 0.3) is 5.56 Å². The maximum atomic E-state index is 12.6. The number of aliphatic hydroxyl groups excluding tert-OH is 1. The molecule has 0 fully saturated rings. The van der Waals surface area contributed by atoms with Crippen LogP contribution in [0.3, 0.4) is 0 Å². The van der Waals surface area contributed by atoms with Gasteiger partial charge in [0, 0.05) is 25.1 Å². The molecule has 4 N–H and O–H groups in total. The second kappa shape index (κ2) is 11.3. The van der Waals surface area contributed by atoms with Crippen molar-refractivity contribution in [2.75, 3.05) is 39.3 Å². The highest BCUT2D eigenvalue weighted by atomic mass is 32.1. The molecule has 160 valence electrons. The average Bonchev–Trinajstić information content (AvgIpc) is 2.71. The maximum absolute atomic E-state index is 12.6. The molecule has 1 aromatic carbocycles. The lowest BCUT2D eigenvalue weighted by molar-refractivity contribution is -0.896. The highest BCUT2D eigenvalue weighted by Crippen LogP contribution is 2.19. The summed E-state index contributed by atoms with van der Waals surface area (Å²) in [5.41, 5.74) is 3.66. The summed E-state index contributed by atoms with van der Waals surface area (Å²) in [4.78, 5) is 19.1. The van der Waals surface area contributed by atoms with Crippen LogP contribution in [0.4, 0.5) is 0 Å². The van der Waals surface area contributed by atoms with Gasteiger partial charge < -0.3 is 25.2 Å². The molecule has 1 aromatic heterocycles. The number of fused-ring (bicyclic) bond motifs is 1. The van der Waals surface area contributed by atoms with E-state index >= 15 is 0 Å². The molecule has 0 aliphatic rings. The van der Waals surface area contributed by atoms with Gasteiger partial charge in [-0.15, -0.1) is 0 Å². The summed E-state index contributed by atoms with van der Waals surface area (Å²) in [5, 5.41) is 14.3. The molecule has 0 unspecified atom stereocenters. The monoisotopic (exact) mass is 419 g/mol. The third-order valence-corrected chi connectivity index (χ3v) is 6.03. The minimum absolute atomic E-state index is 0.0186. The van der Waals surface area contributed by atoms with E-state index in [-0.39, 0.29) is 12.2 Å². The number of aryl methyl sites for hydroxylation is 2. The van der Waals surface area contributed by atoms with Crippen LogP contribution in [-0.2, 0) is 6.54 Å². The maximum Gasteiger partial charge on any atom is 0.253 e. The molecule has 0 atom stereocenters. The van der Waals surface area contributed by atoms with Crippen LogP contribution < -0.4 is 15.8 Å². The number of thiocarbonyl (C=S) groups is 1. The van der Waals surface area contributed by atoms with Gasteiger partial charge in [-0.05, 0) is 62.5 Å². The molecule has 1 heterocycles. The van der Waals surface area contributed by atoms with Gasteiger partial charge in [0.1, 0.15) is 0 Å². The van der Waals surface area contributed by atoms with Gasteiger partial charge in [-0.25, -0.2) is 0 Å². The number of hydrogen-bond donors (Lipinski definition) is 4. The van der Waals surface area contributed by atoms with Crippen LogP contribution in [0.15, 0.2) is 23.0 Å². The van der Waals surface area contributed by atoms with E-state index in [0.29, 0.717) is 23.8 Å². The van der Waals surface area contributed by atoms with E-state index in [2.05, 4.69) is 30.2 Å². The number of aliphatic hydroxyl groups is 1. The first-order valence-electron chi connectivity index (χ1n) is 10.5. The summed E-state index contributed by atoms with van der Waals surface area (Å²) in [6.45, 7) is 13.3. The standard InChI is InChI=1S/C22H34N4O2S/c1-5-25(6-2)11-7-10-23-22(29)26(12-13-27)15-19-14-18-9-8-16(3)17(4)20(18)24-21(19)28/h8-9,14,27H,5-7,10-13,15H2,1-4H3,(H,23,29)(H,24,28)/p+1. The SMILES string of the molecule is CC[NH+](CC)CCCNC(=S)N(CCO)Cc1cc2ccc(C)c(C)c2[nH]c1=O. The van der Waals surface area contributed by atoms with E-state index in [1.54, 1.807) is 4.90 Å². The fourth-order valence-electron chi connectivity index (χ4n) is 3.52. The van der Waals surface area contributed by atoms with Crippen LogP contribution in [0.25, 0.3) is 10.9 Å². The summed E-state index contributed by atoms with van der Waals surface area (Å²) in [6.07, 6.45) is 1.03. The minimum Gasteiger partial charge on any atom is -0.395 e. The highest BCUT2D eigenvalue weighted by molar-refractivity contribution is 7.80. The number of aromatic amines is 1. The first-order chi connectivity index (χ1) is 13.9. The predicted molar refractivity (Wildman–Crippen MR) is 124 cm³/mol. The first-order valence-corrected chi connectivity index (χ1v) is 10.9. The number of aromatic nitrogens is 1. The molecule has 0 saturated carbocycles. The topological polar surface area (TPSA) is 72.8 Å². The van der Waals surface area contributed by atoms with Crippen LogP contribution >= 0.6 is 12.2 Å². The number of benzene rings is 1. The van der Waals surface area contributed by atoms with Crippen LogP contribution in [-0.4, -0.2) is 59.4 Å². The summed E-state index contributed by atoms with van der Waals surface area (Å²) < 4.78 is 0. The molecule has 7 heteroatoms. The van der Waals surface area contributed by atoms with Gasteiger partial charge in [-0.1, -0.05) is 12.1 Å². The van der Waals surface area contributed by atoms with E-state index in [4.69, 9.17) is 12.2 Å². The Balaban J connectivity index is 2.07. The lowest BCUT2D eigenvalue weighted by Crippen LogP contribution is -3.11. The molecular weight excluding hydrogens is 384 g/mol. The number of H-pyrrole nitrogens is 1. The number of pyridine rings is 1. The fourth-order valence-corrected chi connectivity index (χ4v) is 3.77. The van der Waals surface area contributed by atoms with Gasteiger partial charge in [0.05, 0.1) is 38.3 Å². The Morgan fingerprint density at radius 3 is 2.66 bits per heavy atom. The molecule has 0 amide bonds. The quantitative estimate of drug-likeness (QED) is 0.343. The average molecular weight is 420 g/mol. The molecule has 2 aromatic rings. The minimum atomic E-state index is -0.109. The number of hydrogen-bond acceptors (Lipinski definition) is 3. The largest absolute Gasteiger partial charge is 0.395 e. The van der Waals surface area contributed by atoms with Crippen molar-refractivity contribution in [3.63, 3.8) is 0 Å². The fraction of sp³-hybridized carbons (Fsp3) is 0.545. The molecule has 0 radical (unpaired) electrons. The van der Waals surface area contributed by atoms with Crippen LogP contribution in [0, 0.1) is 13.8 Å². The van der Waals surface area contributed by atoms with Crippen molar-refractivity contribution in [2.45, 2.75) is 40.7 Å². The third-order valence-electron chi connectivity index (χ3n) is 5.63. The van der Waals surface area contributed by atoms with Crippen molar-refractivity contribution in [1.82, 2.24) is 15.2 Å².